The Balaban J connectivity index is 2.43. The van der Waals surface area contributed by atoms with Crippen molar-refractivity contribution in [2.45, 2.75) is 12.8 Å². The Morgan fingerprint density at radius 1 is 1.44 bits per heavy atom. The highest BCUT2D eigenvalue weighted by Gasteiger charge is 2.07. The number of hydrogen-bond acceptors (Lipinski definition) is 4. The molecule has 0 atom stereocenters. The Hall–Kier alpha value is -0.810. The third-order valence-corrected chi connectivity index (χ3v) is 3.98. The fourth-order valence-corrected chi connectivity index (χ4v) is 1.79. The van der Waals surface area contributed by atoms with E-state index < -0.39 is 9.84 Å². The van der Waals surface area contributed by atoms with E-state index in [1.807, 2.05) is 0 Å². The molecule has 4 nitrogen and oxygen atoms in total. The van der Waals surface area contributed by atoms with Gasteiger partial charge < -0.3 is 4.74 Å². The Labute approximate surface area is 101 Å². The number of alkyl halides is 1. The van der Waals surface area contributed by atoms with E-state index in [-0.39, 0.29) is 18.1 Å². The molecule has 0 spiro atoms. The van der Waals surface area contributed by atoms with Crippen LogP contribution in [0, 0.1) is 0 Å². The minimum absolute atomic E-state index is 0.0285. The molecule has 0 amide bonds. The topological polar surface area (TPSA) is 56.3 Å². The zero-order chi connectivity index (χ0) is 12.0. The molecular formula is C10H14ClNO3S. The van der Waals surface area contributed by atoms with Crippen LogP contribution < -0.4 is 4.74 Å². The van der Waals surface area contributed by atoms with Crippen molar-refractivity contribution in [2.75, 3.05) is 18.1 Å². The number of nitrogens with zero attached hydrogens (tertiary/aromatic N) is 1. The van der Waals surface area contributed by atoms with Crippen LogP contribution in [0.5, 0.6) is 5.75 Å². The van der Waals surface area contributed by atoms with Gasteiger partial charge in [0.05, 0.1) is 23.5 Å². The van der Waals surface area contributed by atoms with Crippen molar-refractivity contribution in [1.29, 1.82) is 0 Å². The third kappa shape index (κ3) is 4.37. The SMILES string of the molecule is CCS(=O)(=O)CCOc1ccc(CCl)nc1. The quantitative estimate of drug-likeness (QED) is 0.732. The molecule has 0 saturated carbocycles. The molecule has 0 aliphatic carbocycles. The molecule has 0 aromatic carbocycles. The predicted octanol–water partition coefficient (Wildman–Crippen LogP) is 1.63. The molecule has 90 valence electrons. The van der Waals surface area contributed by atoms with E-state index in [1.165, 1.54) is 6.20 Å². The summed E-state index contributed by atoms with van der Waals surface area (Å²) in [5, 5.41) is 0. The summed E-state index contributed by atoms with van der Waals surface area (Å²) in [5.41, 5.74) is 0.759. The van der Waals surface area contributed by atoms with Gasteiger partial charge in [-0.05, 0) is 12.1 Å². The van der Waals surface area contributed by atoms with E-state index in [9.17, 15) is 8.42 Å². The average Bonchev–Trinajstić information content (AvgIpc) is 2.30. The van der Waals surface area contributed by atoms with Crippen molar-refractivity contribution in [3.63, 3.8) is 0 Å². The maximum absolute atomic E-state index is 11.2. The lowest BCUT2D eigenvalue weighted by Crippen LogP contribution is -2.15. The lowest BCUT2D eigenvalue weighted by Gasteiger charge is -2.05. The molecule has 0 N–H and O–H groups in total. The summed E-state index contributed by atoms with van der Waals surface area (Å²) in [6, 6.07) is 3.47. The first-order chi connectivity index (χ1) is 7.57. The maximum atomic E-state index is 11.2. The minimum Gasteiger partial charge on any atom is -0.491 e. The van der Waals surface area contributed by atoms with Crippen LogP contribution in [0.15, 0.2) is 18.3 Å². The van der Waals surface area contributed by atoms with Gasteiger partial charge >= 0.3 is 0 Å². The minimum atomic E-state index is -2.97. The molecule has 1 rings (SSSR count). The molecule has 0 saturated heterocycles. The fourth-order valence-electron chi connectivity index (χ4n) is 1.01. The Morgan fingerprint density at radius 3 is 2.69 bits per heavy atom. The van der Waals surface area contributed by atoms with Crippen molar-refractivity contribution in [3.8, 4) is 5.75 Å². The average molecular weight is 264 g/mol. The molecule has 0 unspecified atom stereocenters. The second-order valence-electron chi connectivity index (χ2n) is 3.20. The van der Waals surface area contributed by atoms with Crippen LogP contribution in [0.4, 0.5) is 0 Å². The summed E-state index contributed by atoms with van der Waals surface area (Å²) < 4.78 is 27.6. The van der Waals surface area contributed by atoms with Gasteiger partial charge in [-0.2, -0.15) is 0 Å². The van der Waals surface area contributed by atoms with E-state index in [1.54, 1.807) is 19.1 Å². The van der Waals surface area contributed by atoms with Gasteiger partial charge in [0, 0.05) is 5.75 Å². The van der Waals surface area contributed by atoms with Gasteiger partial charge in [-0.15, -0.1) is 11.6 Å². The Bertz CT molecular complexity index is 416. The van der Waals surface area contributed by atoms with Crippen LogP contribution in [-0.4, -0.2) is 31.5 Å². The first-order valence-corrected chi connectivity index (χ1v) is 7.27. The van der Waals surface area contributed by atoms with Crippen LogP contribution >= 0.6 is 11.6 Å². The first kappa shape index (κ1) is 13.3. The van der Waals surface area contributed by atoms with Crippen LogP contribution in [0.2, 0.25) is 0 Å². The van der Waals surface area contributed by atoms with Gasteiger partial charge in [-0.3, -0.25) is 4.98 Å². The van der Waals surface area contributed by atoms with E-state index in [2.05, 4.69) is 4.98 Å². The summed E-state index contributed by atoms with van der Waals surface area (Å²) in [6.07, 6.45) is 1.54. The van der Waals surface area contributed by atoms with Crippen molar-refractivity contribution < 1.29 is 13.2 Å². The van der Waals surface area contributed by atoms with Crippen molar-refractivity contribution in [3.05, 3.63) is 24.0 Å². The second kappa shape index (κ2) is 6.06. The van der Waals surface area contributed by atoms with Gasteiger partial charge in [0.1, 0.15) is 12.4 Å². The predicted molar refractivity (Wildman–Crippen MR) is 63.6 cm³/mol. The molecule has 16 heavy (non-hydrogen) atoms. The van der Waals surface area contributed by atoms with Gasteiger partial charge in [-0.1, -0.05) is 6.92 Å². The van der Waals surface area contributed by atoms with Crippen LogP contribution in [0.25, 0.3) is 0 Å². The zero-order valence-corrected chi connectivity index (χ0v) is 10.6. The molecule has 0 bridgehead atoms. The highest BCUT2D eigenvalue weighted by atomic mass is 35.5. The standard InChI is InChI=1S/C10H14ClNO3S/c1-2-16(13,14)6-5-15-10-4-3-9(7-11)12-8-10/h3-4,8H,2,5-7H2,1H3. The van der Waals surface area contributed by atoms with E-state index in [0.717, 1.165) is 5.69 Å². The third-order valence-electron chi connectivity index (χ3n) is 2.04. The highest BCUT2D eigenvalue weighted by Crippen LogP contribution is 2.10. The molecule has 1 heterocycles. The van der Waals surface area contributed by atoms with Crippen molar-refractivity contribution in [2.24, 2.45) is 0 Å². The van der Waals surface area contributed by atoms with Crippen LogP contribution in [0.1, 0.15) is 12.6 Å². The summed E-state index contributed by atoms with van der Waals surface area (Å²) in [5.74, 6) is 1.07. The Morgan fingerprint density at radius 2 is 2.19 bits per heavy atom. The molecule has 1 aromatic heterocycles. The molecule has 1 aromatic rings. The van der Waals surface area contributed by atoms with Crippen LogP contribution in [-0.2, 0) is 15.7 Å². The summed E-state index contributed by atoms with van der Waals surface area (Å²) in [4.78, 5) is 4.03. The highest BCUT2D eigenvalue weighted by molar-refractivity contribution is 7.91. The van der Waals surface area contributed by atoms with E-state index in [0.29, 0.717) is 11.6 Å². The lowest BCUT2D eigenvalue weighted by atomic mass is 10.4. The number of ether oxygens (including phenoxy) is 1. The van der Waals surface area contributed by atoms with Gasteiger partial charge in [-0.25, -0.2) is 8.42 Å². The first-order valence-electron chi connectivity index (χ1n) is 4.91. The molecule has 0 radical (unpaired) electrons. The summed E-state index contributed by atoms with van der Waals surface area (Å²) >= 11 is 5.58. The Kier molecular flexibility index (Phi) is 5.02. The van der Waals surface area contributed by atoms with Gasteiger partial charge in [0.2, 0.25) is 0 Å². The number of pyridine rings is 1. The number of aromatic nitrogens is 1. The molecular weight excluding hydrogens is 250 g/mol. The number of rotatable bonds is 6. The molecule has 0 fully saturated rings. The number of sulfone groups is 1. The summed E-state index contributed by atoms with van der Waals surface area (Å²) in [7, 11) is -2.97. The van der Waals surface area contributed by atoms with Crippen molar-refractivity contribution in [1.82, 2.24) is 4.98 Å². The van der Waals surface area contributed by atoms with Gasteiger partial charge in [0.15, 0.2) is 9.84 Å². The molecule has 0 aliphatic rings. The fraction of sp³-hybridized carbons (Fsp3) is 0.500. The van der Waals surface area contributed by atoms with Crippen molar-refractivity contribution >= 4 is 21.4 Å². The van der Waals surface area contributed by atoms with Gasteiger partial charge in [0.25, 0.3) is 0 Å². The second-order valence-corrected chi connectivity index (χ2v) is 5.94. The van der Waals surface area contributed by atoms with E-state index >= 15 is 0 Å². The number of halogens is 1. The van der Waals surface area contributed by atoms with Crippen LogP contribution in [0.3, 0.4) is 0 Å². The zero-order valence-electron chi connectivity index (χ0n) is 9.02. The monoisotopic (exact) mass is 263 g/mol. The largest absolute Gasteiger partial charge is 0.491 e. The smallest absolute Gasteiger partial charge is 0.153 e. The summed E-state index contributed by atoms with van der Waals surface area (Å²) in [6.45, 7) is 1.77. The molecule has 6 heteroatoms. The lowest BCUT2D eigenvalue weighted by molar-refractivity contribution is 0.339. The number of hydrogen-bond donors (Lipinski definition) is 0. The van der Waals surface area contributed by atoms with E-state index in [4.69, 9.17) is 16.3 Å². The normalized spacial score (nSPS) is 11.4. The maximum Gasteiger partial charge on any atom is 0.153 e. The molecule has 0 aliphatic heterocycles.